The lowest BCUT2D eigenvalue weighted by atomic mass is 10.0. The second-order valence-electron chi connectivity index (χ2n) is 4.52. The topological polar surface area (TPSA) is 81.8 Å². The monoisotopic (exact) mass is 267 g/mol. The number of hydrogen-bond donors (Lipinski definition) is 2. The third kappa shape index (κ3) is 5.72. The van der Waals surface area contributed by atoms with Crippen molar-refractivity contribution < 1.29 is 19.4 Å². The standard InChI is InChI=1S/C14H21NO4/c1-10(16)3-5-12-6-4-11(8-14(15)17)7-13(12)19-9-18-2/h4,6-7,10,16H,3,5,8-9H2,1-2H3,(H2,15,17). The van der Waals surface area contributed by atoms with Crippen LogP contribution in [0.4, 0.5) is 0 Å². The highest BCUT2D eigenvalue weighted by atomic mass is 16.7. The van der Waals surface area contributed by atoms with Gasteiger partial charge in [0.05, 0.1) is 12.5 Å². The number of hydrogen-bond acceptors (Lipinski definition) is 4. The molecule has 19 heavy (non-hydrogen) atoms. The molecule has 106 valence electrons. The van der Waals surface area contributed by atoms with E-state index in [1.165, 1.54) is 0 Å². The predicted molar refractivity (Wildman–Crippen MR) is 71.8 cm³/mol. The number of methoxy groups -OCH3 is 1. The SMILES string of the molecule is COCOc1cc(CC(N)=O)ccc1CCC(C)O. The molecule has 1 amide bonds. The van der Waals surface area contributed by atoms with Gasteiger partial charge in [-0.05, 0) is 37.0 Å². The maximum Gasteiger partial charge on any atom is 0.221 e. The number of carbonyl (C=O) groups excluding carboxylic acids is 1. The number of primary amides is 1. The summed E-state index contributed by atoms with van der Waals surface area (Å²) in [4.78, 5) is 10.9. The molecular weight excluding hydrogens is 246 g/mol. The largest absolute Gasteiger partial charge is 0.467 e. The molecule has 5 heteroatoms. The van der Waals surface area contributed by atoms with Gasteiger partial charge in [0.15, 0.2) is 6.79 Å². The third-order valence-corrected chi connectivity index (χ3v) is 2.67. The van der Waals surface area contributed by atoms with Gasteiger partial charge in [-0.25, -0.2) is 0 Å². The summed E-state index contributed by atoms with van der Waals surface area (Å²) in [5.41, 5.74) is 6.96. The molecule has 0 aliphatic heterocycles. The van der Waals surface area contributed by atoms with Gasteiger partial charge in [0.1, 0.15) is 5.75 Å². The van der Waals surface area contributed by atoms with Crippen LogP contribution in [-0.4, -0.2) is 31.0 Å². The molecule has 0 saturated carbocycles. The van der Waals surface area contributed by atoms with Crippen LogP contribution in [0.3, 0.4) is 0 Å². The highest BCUT2D eigenvalue weighted by Crippen LogP contribution is 2.23. The van der Waals surface area contributed by atoms with Gasteiger partial charge in [-0.1, -0.05) is 12.1 Å². The molecule has 0 saturated heterocycles. The normalized spacial score (nSPS) is 12.2. The van der Waals surface area contributed by atoms with E-state index in [-0.39, 0.29) is 25.2 Å². The van der Waals surface area contributed by atoms with Crippen molar-refractivity contribution in [1.82, 2.24) is 0 Å². The minimum Gasteiger partial charge on any atom is -0.467 e. The van der Waals surface area contributed by atoms with Crippen LogP contribution in [0, 0.1) is 0 Å². The summed E-state index contributed by atoms with van der Waals surface area (Å²) in [5, 5.41) is 9.33. The second-order valence-corrected chi connectivity index (χ2v) is 4.52. The fraction of sp³-hybridized carbons (Fsp3) is 0.500. The molecule has 0 bridgehead atoms. The fourth-order valence-corrected chi connectivity index (χ4v) is 1.74. The number of ether oxygens (including phenoxy) is 2. The highest BCUT2D eigenvalue weighted by molar-refractivity contribution is 5.76. The number of benzene rings is 1. The Morgan fingerprint density at radius 3 is 2.79 bits per heavy atom. The molecule has 5 nitrogen and oxygen atoms in total. The Bertz CT molecular complexity index is 418. The Hall–Kier alpha value is -1.59. The number of rotatable bonds is 8. The molecule has 0 radical (unpaired) electrons. The maximum atomic E-state index is 10.9. The van der Waals surface area contributed by atoms with Gasteiger partial charge >= 0.3 is 0 Å². The molecule has 0 aliphatic carbocycles. The van der Waals surface area contributed by atoms with Crippen molar-refractivity contribution in [2.45, 2.75) is 32.3 Å². The minimum atomic E-state index is -0.380. The Kier molecular flexibility index (Phi) is 6.32. The van der Waals surface area contributed by atoms with Gasteiger partial charge in [0.25, 0.3) is 0 Å². The Balaban J connectivity index is 2.85. The first-order valence-corrected chi connectivity index (χ1v) is 6.23. The van der Waals surface area contributed by atoms with Gasteiger partial charge in [0, 0.05) is 7.11 Å². The molecule has 1 atom stereocenters. The molecule has 0 heterocycles. The zero-order valence-electron chi connectivity index (χ0n) is 11.4. The van der Waals surface area contributed by atoms with Crippen molar-refractivity contribution in [3.63, 3.8) is 0 Å². The summed E-state index contributed by atoms with van der Waals surface area (Å²) in [6.45, 7) is 1.89. The van der Waals surface area contributed by atoms with Crippen LogP contribution >= 0.6 is 0 Å². The average molecular weight is 267 g/mol. The molecule has 1 aromatic rings. The van der Waals surface area contributed by atoms with Crippen molar-refractivity contribution in [2.24, 2.45) is 5.73 Å². The van der Waals surface area contributed by atoms with Crippen LogP contribution in [0.2, 0.25) is 0 Å². The summed E-state index contributed by atoms with van der Waals surface area (Å²) in [5.74, 6) is 0.288. The Labute approximate surface area is 113 Å². The maximum absolute atomic E-state index is 10.9. The predicted octanol–water partition coefficient (Wildman–Crippen LogP) is 1.01. The molecule has 1 unspecified atom stereocenters. The molecule has 1 rings (SSSR count). The van der Waals surface area contributed by atoms with Crippen LogP contribution < -0.4 is 10.5 Å². The van der Waals surface area contributed by atoms with Gasteiger partial charge in [-0.15, -0.1) is 0 Å². The molecule has 0 fully saturated rings. The van der Waals surface area contributed by atoms with E-state index < -0.39 is 0 Å². The number of amides is 1. The molecular formula is C14H21NO4. The summed E-state index contributed by atoms with van der Waals surface area (Å²) in [7, 11) is 1.54. The number of nitrogens with two attached hydrogens (primary N) is 1. The number of aliphatic hydroxyl groups is 1. The van der Waals surface area contributed by atoms with Gasteiger partial charge in [-0.3, -0.25) is 4.79 Å². The van der Waals surface area contributed by atoms with E-state index in [4.69, 9.17) is 15.2 Å². The molecule has 0 aliphatic rings. The van der Waals surface area contributed by atoms with Crippen LogP contribution in [-0.2, 0) is 22.4 Å². The van der Waals surface area contributed by atoms with Gasteiger partial charge in [0.2, 0.25) is 5.91 Å². The smallest absolute Gasteiger partial charge is 0.221 e. The van der Waals surface area contributed by atoms with Crippen molar-refractivity contribution in [2.75, 3.05) is 13.9 Å². The zero-order chi connectivity index (χ0) is 14.3. The van der Waals surface area contributed by atoms with E-state index in [1.807, 2.05) is 12.1 Å². The van der Waals surface area contributed by atoms with Crippen LogP contribution in [0.15, 0.2) is 18.2 Å². The Morgan fingerprint density at radius 1 is 1.47 bits per heavy atom. The Morgan fingerprint density at radius 2 is 2.21 bits per heavy atom. The lowest BCUT2D eigenvalue weighted by molar-refractivity contribution is -0.117. The highest BCUT2D eigenvalue weighted by Gasteiger charge is 2.08. The van der Waals surface area contributed by atoms with Crippen LogP contribution in [0.1, 0.15) is 24.5 Å². The fourth-order valence-electron chi connectivity index (χ4n) is 1.74. The molecule has 3 N–H and O–H groups in total. The van der Waals surface area contributed by atoms with E-state index in [2.05, 4.69) is 0 Å². The first-order valence-electron chi connectivity index (χ1n) is 6.23. The van der Waals surface area contributed by atoms with E-state index in [1.54, 1.807) is 20.1 Å². The quantitative estimate of drug-likeness (QED) is 0.689. The molecule has 1 aromatic carbocycles. The van der Waals surface area contributed by atoms with Gasteiger partial charge in [-0.2, -0.15) is 0 Å². The van der Waals surface area contributed by atoms with Crippen molar-refractivity contribution in [1.29, 1.82) is 0 Å². The van der Waals surface area contributed by atoms with Crippen molar-refractivity contribution in [3.8, 4) is 5.75 Å². The molecule has 0 spiro atoms. The van der Waals surface area contributed by atoms with E-state index >= 15 is 0 Å². The lowest BCUT2D eigenvalue weighted by Gasteiger charge is -2.13. The third-order valence-electron chi connectivity index (χ3n) is 2.67. The van der Waals surface area contributed by atoms with Crippen LogP contribution in [0.25, 0.3) is 0 Å². The van der Waals surface area contributed by atoms with E-state index in [0.29, 0.717) is 18.6 Å². The molecule has 0 aromatic heterocycles. The zero-order valence-corrected chi connectivity index (χ0v) is 11.4. The van der Waals surface area contributed by atoms with Crippen molar-refractivity contribution in [3.05, 3.63) is 29.3 Å². The average Bonchev–Trinajstić information content (AvgIpc) is 2.34. The van der Waals surface area contributed by atoms with E-state index in [0.717, 1.165) is 11.1 Å². The summed E-state index contributed by atoms with van der Waals surface area (Å²) >= 11 is 0. The van der Waals surface area contributed by atoms with Crippen LogP contribution in [0.5, 0.6) is 5.75 Å². The van der Waals surface area contributed by atoms with Crippen molar-refractivity contribution >= 4 is 5.91 Å². The van der Waals surface area contributed by atoms with E-state index in [9.17, 15) is 9.90 Å². The number of aliphatic hydroxyl groups excluding tert-OH is 1. The van der Waals surface area contributed by atoms with Gasteiger partial charge < -0.3 is 20.3 Å². The summed E-state index contributed by atoms with van der Waals surface area (Å²) in [6.07, 6.45) is 1.17. The summed E-state index contributed by atoms with van der Waals surface area (Å²) in [6, 6.07) is 5.54. The minimum absolute atomic E-state index is 0.141. The number of aryl methyl sites for hydroxylation is 1. The second kappa shape index (κ2) is 7.76. The first-order chi connectivity index (χ1) is 9.02. The lowest BCUT2D eigenvalue weighted by Crippen LogP contribution is -2.14. The summed E-state index contributed by atoms with van der Waals surface area (Å²) < 4.78 is 10.4. The number of carbonyl (C=O) groups is 1. The first kappa shape index (κ1) is 15.5.